The van der Waals surface area contributed by atoms with Crippen molar-refractivity contribution in [1.29, 1.82) is 0 Å². The van der Waals surface area contributed by atoms with Gasteiger partial charge in [0, 0.05) is 11.8 Å². The molecule has 4 heteroatoms. The van der Waals surface area contributed by atoms with Gasteiger partial charge < -0.3 is 10.6 Å². The molecule has 0 aliphatic carbocycles. The molecule has 2 aromatic carbocycles. The van der Waals surface area contributed by atoms with Gasteiger partial charge in [0.2, 0.25) is 0 Å². The first kappa shape index (κ1) is 18.4. The topological polar surface area (TPSA) is 54.0 Å². The molecule has 142 valence electrons. The van der Waals surface area contributed by atoms with Crippen LogP contribution in [-0.4, -0.2) is 24.0 Å². The number of nitrogens with one attached hydrogen (secondary N) is 2. The highest BCUT2D eigenvalue weighted by molar-refractivity contribution is 5.94. The van der Waals surface area contributed by atoms with Crippen LogP contribution in [-0.2, 0) is 6.54 Å². The molecule has 4 nitrogen and oxygen atoms in total. The van der Waals surface area contributed by atoms with Crippen LogP contribution >= 0.6 is 0 Å². The molecule has 0 radical (unpaired) electrons. The van der Waals surface area contributed by atoms with Gasteiger partial charge in [-0.2, -0.15) is 0 Å². The molecule has 0 spiro atoms. The van der Waals surface area contributed by atoms with Gasteiger partial charge in [0.15, 0.2) is 0 Å². The number of hydrogen-bond donors (Lipinski definition) is 2. The Morgan fingerprint density at radius 2 is 1.79 bits per heavy atom. The smallest absolute Gasteiger partial charge is 0.251 e. The number of rotatable bonds is 5. The Bertz CT molecular complexity index is 916. The van der Waals surface area contributed by atoms with Crippen LogP contribution in [0.2, 0.25) is 0 Å². The Morgan fingerprint density at radius 1 is 0.964 bits per heavy atom. The maximum absolute atomic E-state index is 12.4. The molecule has 28 heavy (non-hydrogen) atoms. The number of carbonyl (C=O) groups excluding carboxylic acids is 1. The third kappa shape index (κ3) is 4.46. The summed E-state index contributed by atoms with van der Waals surface area (Å²) in [6.07, 6.45) is 4.12. The van der Waals surface area contributed by atoms with E-state index in [1.54, 1.807) is 6.20 Å². The van der Waals surface area contributed by atoms with Gasteiger partial charge in [0.05, 0.1) is 12.2 Å². The Balaban J connectivity index is 1.43. The van der Waals surface area contributed by atoms with E-state index < -0.39 is 0 Å². The zero-order chi connectivity index (χ0) is 19.2. The lowest BCUT2D eigenvalue weighted by Gasteiger charge is -2.23. The molecule has 1 saturated heterocycles. The zero-order valence-corrected chi connectivity index (χ0v) is 15.9. The normalized spacial score (nSPS) is 14.6. The molecule has 3 aromatic rings. The molecule has 0 bridgehead atoms. The Kier molecular flexibility index (Phi) is 5.78. The van der Waals surface area contributed by atoms with Gasteiger partial charge in [-0.1, -0.05) is 42.5 Å². The monoisotopic (exact) mass is 371 g/mol. The minimum atomic E-state index is -0.0827. The van der Waals surface area contributed by atoms with Gasteiger partial charge in [0.25, 0.3) is 5.91 Å². The highest BCUT2D eigenvalue weighted by Crippen LogP contribution is 2.29. The van der Waals surface area contributed by atoms with Crippen molar-refractivity contribution in [3.63, 3.8) is 0 Å². The third-order valence-corrected chi connectivity index (χ3v) is 5.33. The van der Waals surface area contributed by atoms with Crippen molar-refractivity contribution in [2.24, 2.45) is 0 Å². The van der Waals surface area contributed by atoms with Crippen LogP contribution in [0.1, 0.15) is 40.4 Å². The highest BCUT2D eigenvalue weighted by Gasteiger charge is 2.15. The maximum atomic E-state index is 12.4. The number of hydrogen-bond acceptors (Lipinski definition) is 3. The summed E-state index contributed by atoms with van der Waals surface area (Å²) in [5.74, 6) is 0.554. The molecule has 1 aliphatic rings. The first-order chi connectivity index (χ1) is 13.8. The summed E-state index contributed by atoms with van der Waals surface area (Å²) in [6.45, 7) is 2.62. The molecule has 1 aromatic heterocycles. The molecule has 2 N–H and O–H groups in total. The lowest BCUT2D eigenvalue weighted by molar-refractivity contribution is 0.0950. The fourth-order valence-corrected chi connectivity index (χ4v) is 3.72. The van der Waals surface area contributed by atoms with E-state index in [1.165, 1.54) is 24.0 Å². The van der Waals surface area contributed by atoms with Crippen LogP contribution in [0.15, 0.2) is 72.9 Å². The van der Waals surface area contributed by atoms with Gasteiger partial charge in [-0.25, -0.2) is 0 Å². The predicted octanol–water partition coefficient (Wildman–Crippen LogP) is 4.15. The van der Waals surface area contributed by atoms with Gasteiger partial charge in [-0.15, -0.1) is 0 Å². The molecule has 1 aliphatic heterocycles. The quantitative estimate of drug-likeness (QED) is 0.709. The molecular weight excluding hydrogens is 346 g/mol. The van der Waals surface area contributed by atoms with E-state index in [0.29, 0.717) is 18.0 Å². The summed E-state index contributed by atoms with van der Waals surface area (Å²) >= 11 is 0. The number of aromatic nitrogens is 1. The average Bonchev–Trinajstić information content (AvgIpc) is 2.79. The number of nitrogens with zero attached hydrogens (tertiary/aromatic N) is 1. The summed E-state index contributed by atoms with van der Waals surface area (Å²) in [5, 5.41) is 6.35. The van der Waals surface area contributed by atoms with Crippen molar-refractivity contribution in [3.05, 3.63) is 89.7 Å². The number of amides is 1. The van der Waals surface area contributed by atoms with Crippen molar-refractivity contribution in [3.8, 4) is 11.1 Å². The van der Waals surface area contributed by atoms with Crippen LogP contribution in [0.25, 0.3) is 11.1 Å². The van der Waals surface area contributed by atoms with Gasteiger partial charge in [-0.05, 0) is 72.8 Å². The number of piperidine rings is 1. The van der Waals surface area contributed by atoms with Crippen molar-refractivity contribution in [1.82, 2.24) is 15.6 Å². The molecule has 0 atom stereocenters. The van der Waals surface area contributed by atoms with Crippen LogP contribution in [0.3, 0.4) is 0 Å². The second-order valence-electron chi connectivity index (χ2n) is 7.23. The van der Waals surface area contributed by atoms with E-state index in [4.69, 9.17) is 0 Å². The van der Waals surface area contributed by atoms with E-state index >= 15 is 0 Å². The molecule has 1 fully saturated rings. The van der Waals surface area contributed by atoms with Gasteiger partial charge in [0.1, 0.15) is 0 Å². The van der Waals surface area contributed by atoms with Crippen LogP contribution in [0, 0.1) is 0 Å². The van der Waals surface area contributed by atoms with E-state index in [-0.39, 0.29) is 5.91 Å². The van der Waals surface area contributed by atoms with Crippen LogP contribution < -0.4 is 10.6 Å². The maximum Gasteiger partial charge on any atom is 0.251 e. The van der Waals surface area contributed by atoms with Gasteiger partial charge in [-0.3, -0.25) is 9.78 Å². The second-order valence-corrected chi connectivity index (χ2v) is 7.23. The number of pyridine rings is 1. The first-order valence-electron chi connectivity index (χ1n) is 9.89. The van der Waals surface area contributed by atoms with E-state index in [2.05, 4.69) is 39.9 Å². The van der Waals surface area contributed by atoms with Crippen molar-refractivity contribution >= 4 is 5.91 Å². The number of carbonyl (C=O) groups is 1. The van der Waals surface area contributed by atoms with E-state index in [9.17, 15) is 4.79 Å². The van der Waals surface area contributed by atoms with Crippen molar-refractivity contribution in [2.75, 3.05) is 13.1 Å². The zero-order valence-electron chi connectivity index (χ0n) is 15.9. The van der Waals surface area contributed by atoms with E-state index in [1.807, 2.05) is 42.5 Å². The first-order valence-corrected chi connectivity index (χ1v) is 9.89. The summed E-state index contributed by atoms with van der Waals surface area (Å²) in [6, 6.07) is 22.3. The highest BCUT2D eigenvalue weighted by atomic mass is 16.1. The largest absolute Gasteiger partial charge is 0.346 e. The standard InChI is InChI=1S/C24H25N3O/c28-24(27-17-23-6-1-2-13-26-23)20-9-7-18(8-10-20)21-4-3-5-22(16-21)19-11-14-25-15-12-19/h1-10,13,16,19,25H,11-12,14-15,17H2,(H,27,28). The number of benzene rings is 2. The second kappa shape index (κ2) is 8.81. The minimum Gasteiger partial charge on any atom is -0.346 e. The summed E-state index contributed by atoms with van der Waals surface area (Å²) in [4.78, 5) is 16.6. The minimum absolute atomic E-state index is 0.0827. The van der Waals surface area contributed by atoms with Crippen molar-refractivity contribution in [2.45, 2.75) is 25.3 Å². The fraction of sp³-hybridized carbons (Fsp3) is 0.250. The Labute approximate surface area is 166 Å². The molecule has 0 saturated carbocycles. The van der Waals surface area contributed by atoms with Crippen LogP contribution in [0.4, 0.5) is 0 Å². The lowest BCUT2D eigenvalue weighted by atomic mass is 9.88. The molecule has 1 amide bonds. The molecule has 2 heterocycles. The molecule has 4 rings (SSSR count). The van der Waals surface area contributed by atoms with Crippen molar-refractivity contribution < 1.29 is 4.79 Å². The summed E-state index contributed by atoms with van der Waals surface area (Å²) < 4.78 is 0. The lowest BCUT2D eigenvalue weighted by Crippen LogP contribution is -2.26. The van der Waals surface area contributed by atoms with E-state index in [0.717, 1.165) is 24.3 Å². The Morgan fingerprint density at radius 3 is 2.54 bits per heavy atom. The third-order valence-electron chi connectivity index (χ3n) is 5.33. The Hall–Kier alpha value is -2.98. The average molecular weight is 371 g/mol. The predicted molar refractivity (Wildman–Crippen MR) is 112 cm³/mol. The fourth-order valence-electron chi connectivity index (χ4n) is 3.72. The summed E-state index contributed by atoms with van der Waals surface area (Å²) in [5.41, 5.74) is 5.26. The van der Waals surface area contributed by atoms with Gasteiger partial charge >= 0.3 is 0 Å². The molecule has 0 unspecified atom stereocenters. The molecular formula is C24H25N3O. The summed E-state index contributed by atoms with van der Waals surface area (Å²) in [7, 11) is 0. The van der Waals surface area contributed by atoms with Crippen LogP contribution in [0.5, 0.6) is 0 Å². The SMILES string of the molecule is O=C(NCc1ccccn1)c1ccc(-c2cccc(C3CCNCC3)c2)cc1.